The molecule has 1 aliphatic rings. The predicted molar refractivity (Wildman–Crippen MR) is 82.4 cm³/mol. The van der Waals surface area contributed by atoms with Gasteiger partial charge in [-0.15, -0.1) is 0 Å². The number of benzene rings is 1. The maximum atomic E-state index is 12.1. The summed E-state index contributed by atoms with van der Waals surface area (Å²) in [4.78, 5) is 24.7. The number of carboxylic acid groups (broad SMARTS) is 1. The van der Waals surface area contributed by atoms with Gasteiger partial charge in [-0.3, -0.25) is 9.59 Å². The van der Waals surface area contributed by atoms with E-state index in [-0.39, 0.29) is 12.5 Å². The second-order valence-electron chi connectivity index (χ2n) is 4.93. The fourth-order valence-corrected chi connectivity index (χ4v) is 2.83. The van der Waals surface area contributed by atoms with E-state index in [2.05, 4.69) is 0 Å². The highest BCUT2D eigenvalue weighted by Crippen LogP contribution is 2.25. The van der Waals surface area contributed by atoms with Crippen molar-refractivity contribution in [2.24, 2.45) is 5.92 Å². The van der Waals surface area contributed by atoms with Crippen molar-refractivity contribution in [3.8, 4) is 0 Å². The van der Waals surface area contributed by atoms with Gasteiger partial charge in [0.15, 0.2) is 0 Å². The number of rotatable bonds is 3. The van der Waals surface area contributed by atoms with Gasteiger partial charge in [-0.25, -0.2) is 0 Å². The first-order valence-electron chi connectivity index (χ1n) is 6.63. The number of piperidine rings is 1. The van der Waals surface area contributed by atoms with E-state index in [0.29, 0.717) is 35.0 Å². The summed E-state index contributed by atoms with van der Waals surface area (Å²) in [5.74, 6) is -1.57. The zero-order chi connectivity index (χ0) is 15.4. The lowest BCUT2D eigenvalue weighted by Gasteiger charge is -2.29. The number of aliphatic carboxylic acids is 1. The molecule has 21 heavy (non-hydrogen) atoms. The van der Waals surface area contributed by atoms with Gasteiger partial charge in [0.25, 0.3) is 0 Å². The van der Waals surface area contributed by atoms with Crippen molar-refractivity contribution in [2.75, 3.05) is 13.1 Å². The molecule has 1 N–H and O–H groups in total. The molecule has 1 unspecified atom stereocenters. The molecule has 0 saturated carbocycles. The lowest BCUT2D eigenvalue weighted by Crippen LogP contribution is -2.41. The average Bonchev–Trinajstić information content (AvgIpc) is 2.46. The van der Waals surface area contributed by atoms with Crippen LogP contribution in [-0.4, -0.2) is 35.0 Å². The van der Waals surface area contributed by atoms with E-state index in [1.165, 1.54) is 6.08 Å². The molecule has 1 heterocycles. The highest BCUT2D eigenvalue weighted by molar-refractivity contribution is 6.37. The second-order valence-corrected chi connectivity index (χ2v) is 5.74. The Balaban J connectivity index is 2.07. The maximum absolute atomic E-state index is 12.1. The van der Waals surface area contributed by atoms with E-state index < -0.39 is 11.9 Å². The number of hydrogen-bond acceptors (Lipinski definition) is 2. The Bertz CT molecular complexity index is 566. The topological polar surface area (TPSA) is 57.6 Å². The first kappa shape index (κ1) is 15.9. The second kappa shape index (κ2) is 6.96. The minimum Gasteiger partial charge on any atom is -0.481 e. The molecule has 0 bridgehead atoms. The normalized spacial score (nSPS) is 19.0. The Morgan fingerprint density at radius 1 is 1.29 bits per heavy atom. The Kier molecular flexibility index (Phi) is 5.26. The number of carboxylic acids is 1. The van der Waals surface area contributed by atoms with Gasteiger partial charge in [-0.1, -0.05) is 29.3 Å². The Morgan fingerprint density at radius 2 is 1.95 bits per heavy atom. The van der Waals surface area contributed by atoms with Crippen LogP contribution in [0.25, 0.3) is 6.08 Å². The van der Waals surface area contributed by atoms with Crippen molar-refractivity contribution in [1.82, 2.24) is 4.90 Å². The third-order valence-corrected chi connectivity index (χ3v) is 4.13. The van der Waals surface area contributed by atoms with Crippen molar-refractivity contribution in [1.29, 1.82) is 0 Å². The smallest absolute Gasteiger partial charge is 0.308 e. The molecule has 2 rings (SSSR count). The van der Waals surface area contributed by atoms with Crippen molar-refractivity contribution in [3.63, 3.8) is 0 Å². The largest absolute Gasteiger partial charge is 0.481 e. The quantitative estimate of drug-likeness (QED) is 0.866. The first-order chi connectivity index (χ1) is 9.99. The van der Waals surface area contributed by atoms with Gasteiger partial charge >= 0.3 is 5.97 Å². The van der Waals surface area contributed by atoms with Gasteiger partial charge in [0.2, 0.25) is 5.91 Å². The molecule has 1 fully saturated rings. The van der Waals surface area contributed by atoms with Crippen LogP contribution in [0, 0.1) is 5.92 Å². The zero-order valence-corrected chi connectivity index (χ0v) is 12.8. The molecule has 1 aliphatic heterocycles. The lowest BCUT2D eigenvalue weighted by molar-refractivity contribution is -0.144. The summed E-state index contributed by atoms with van der Waals surface area (Å²) in [5, 5.41) is 9.96. The fraction of sp³-hybridized carbons (Fsp3) is 0.333. The van der Waals surface area contributed by atoms with Gasteiger partial charge in [0.05, 0.1) is 5.92 Å². The number of hydrogen-bond donors (Lipinski definition) is 1. The van der Waals surface area contributed by atoms with E-state index in [0.717, 1.165) is 0 Å². The van der Waals surface area contributed by atoms with Crippen LogP contribution in [0.5, 0.6) is 0 Å². The van der Waals surface area contributed by atoms with Gasteiger partial charge in [-0.05, 0) is 31.1 Å². The molecular weight excluding hydrogens is 313 g/mol. The van der Waals surface area contributed by atoms with Crippen molar-refractivity contribution in [2.45, 2.75) is 12.8 Å². The molecule has 1 aromatic carbocycles. The third-order valence-electron chi connectivity index (χ3n) is 3.47. The van der Waals surface area contributed by atoms with Crippen LogP contribution in [-0.2, 0) is 9.59 Å². The predicted octanol–water partition coefficient (Wildman–Crippen LogP) is 3.33. The fourth-order valence-electron chi connectivity index (χ4n) is 2.31. The highest BCUT2D eigenvalue weighted by Gasteiger charge is 2.27. The van der Waals surface area contributed by atoms with Crippen molar-refractivity contribution >= 4 is 41.2 Å². The van der Waals surface area contributed by atoms with E-state index in [4.69, 9.17) is 28.3 Å². The Labute approximate surface area is 133 Å². The van der Waals surface area contributed by atoms with Crippen molar-refractivity contribution < 1.29 is 14.7 Å². The lowest BCUT2D eigenvalue weighted by atomic mass is 9.98. The summed E-state index contributed by atoms with van der Waals surface area (Å²) in [6.45, 7) is 0.817. The van der Waals surface area contributed by atoms with Crippen LogP contribution < -0.4 is 0 Å². The number of carbonyl (C=O) groups excluding carboxylic acids is 1. The number of halogens is 2. The summed E-state index contributed by atoms with van der Waals surface area (Å²) in [6.07, 6.45) is 4.26. The minimum absolute atomic E-state index is 0.225. The molecule has 0 aliphatic carbocycles. The number of carbonyl (C=O) groups is 2. The molecule has 1 atom stereocenters. The molecule has 0 aromatic heterocycles. The van der Waals surface area contributed by atoms with E-state index in [1.807, 2.05) is 0 Å². The van der Waals surface area contributed by atoms with Crippen LogP contribution in [0.4, 0.5) is 0 Å². The van der Waals surface area contributed by atoms with Crippen LogP contribution in [0.2, 0.25) is 10.0 Å². The summed E-state index contributed by atoms with van der Waals surface area (Å²) in [6, 6.07) is 5.11. The number of amides is 1. The number of likely N-dealkylation sites (tertiary alicyclic amines) is 1. The minimum atomic E-state index is -0.856. The Morgan fingerprint density at radius 3 is 2.57 bits per heavy atom. The summed E-state index contributed by atoms with van der Waals surface area (Å²) >= 11 is 12.1. The monoisotopic (exact) mass is 327 g/mol. The SMILES string of the molecule is O=C(O)C1CCCN(C(=O)/C=C/c2c(Cl)cccc2Cl)C1. The molecule has 6 heteroatoms. The van der Waals surface area contributed by atoms with Gasteiger partial charge in [0, 0.05) is 34.8 Å². The van der Waals surface area contributed by atoms with Crippen LogP contribution >= 0.6 is 23.2 Å². The molecule has 1 amide bonds. The molecule has 4 nitrogen and oxygen atoms in total. The molecule has 112 valence electrons. The van der Waals surface area contributed by atoms with Gasteiger partial charge < -0.3 is 10.0 Å². The molecular formula is C15H15Cl2NO3. The van der Waals surface area contributed by atoms with Crippen LogP contribution in [0.15, 0.2) is 24.3 Å². The van der Waals surface area contributed by atoms with E-state index >= 15 is 0 Å². The van der Waals surface area contributed by atoms with E-state index in [9.17, 15) is 9.59 Å². The summed E-state index contributed by atoms with van der Waals surface area (Å²) < 4.78 is 0. The molecule has 1 saturated heterocycles. The van der Waals surface area contributed by atoms with E-state index in [1.54, 1.807) is 29.2 Å². The van der Waals surface area contributed by atoms with Crippen LogP contribution in [0.3, 0.4) is 0 Å². The first-order valence-corrected chi connectivity index (χ1v) is 7.38. The maximum Gasteiger partial charge on any atom is 0.308 e. The molecule has 1 aromatic rings. The van der Waals surface area contributed by atoms with Crippen molar-refractivity contribution in [3.05, 3.63) is 39.9 Å². The zero-order valence-electron chi connectivity index (χ0n) is 11.3. The standard InChI is InChI=1S/C15H15Cl2NO3/c16-12-4-1-5-13(17)11(12)6-7-14(19)18-8-2-3-10(9-18)15(20)21/h1,4-7,10H,2-3,8-9H2,(H,20,21)/b7-6+. The van der Waals surface area contributed by atoms with Gasteiger partial charge in [0.1, 0.15) is 0 Å². The highest BCUT2D eigenvalue weighted by atomic mass is 35.5. The molecule has 0 radical (unpaired) electrons. The van der Waals surface area contributed by atoms with Gasteiger partial charge in [-0.2, -0.15) is 0 Å². The average molecular weight is 328 g/mol. The number of nitrogens with zero attached hydrogens (tertiary/aromatic N) is 1. The summed E-state index contributed by atoms with van der Waals surface area (Å²) in [7, 11) is 0. The van der Waals surface area contributed by atoms with Crippen LogP contribution in [0.1, 0.15) is 18.4 Å². The summed E-state index contributed by atoms with van der Waals surface area (Å²) in [5.41, 5.74) is 0.584. The molecule has 0 spiro atoms. The third kappa shape index (κ3) is 3.99. The Hall–Kier alpha value is -1.52.